The van der Waals surface area contributed by atoms with Gasteiger partial charge in [-0.05, 0) is 57.9 Å². The average Bonchev–Trinajstić information content (AvgIpc) is 3.86. The van der Waals surface area contributed by atoms with Crippen molar-refractivity contribution < 1.29 is 28.5 Å². The minimum absolute atomic E-state index is 0.581. The van der Waals surface area contributed by atoms with Crippen molar-refractivity contribution >= 4 is 33.5 Å². The fraction of sp³-hybridized carbons (Fsp3) is 0.286. The number of fused-ring (bicyclic) bond motifs is 2. The Bertz CT molecular complexity index is 2090. The molecule has 268 valence electrons. The predicted octanol–water partition coefficient (Wildman–Crippen LogP) is 8.38. The maximum Gasteiger partial charge on any atom is 0.332 e. The lowest BCUT2D eigenvalue weighted by molar-refractivity contribution is -0.165. The van der Waals surface area contributed by atoms with Crippen LogP contribution in [0.4, 0.5) is 0 Å². The molecule has 2 heterocycles. The monoisotopic (exact) mass is 700 g/mol. The van der Waals surface area contributed by atoms with Crippen molar-refractivity contribution in [3.05, 3.63) is 133 Å². The fourth-order valence-corrected chi connectivity index (χ4v) is 7.06. The van der Waals surface area contributed by atoms with E-state index in [1.54, 1.807) is 39.3 Å². The zero-order valence-electron chi connectivity index (χ0n) is 30.7. The second kappa shape index (κ2) is 13.7. The van der Waals surface area contributed by atoms with Crippen molar-refractivity contribution in [2.45, 2.75) is 52.7 Å². The number of carbonyl (C=O) groups excluding carboxylic acids is 2. The van der Waals surface area contributed by atoms with Gasteiger partial charge in [0.1, 0.15) is 11.5 Å². The van der Waals surface area contributed by atoms with Gasteiger partial charge in [0.15, 0.2) is 11.2 Å². The van der Waals surface area contributed by atoms with Gasteiger partial charge in [-0.25, -0.2) is 19.6 Å². The summed E-state index contributed by atoms with van der Waals surface area (Å²) in [6.45, 7) is 11.9. The maximum atomic E-state index is 13.9. The number of carbonyl (C=O) groups is 2. The summed E-state index contributed by atoms with van der Waals surface area (Å²) in [5.41, 5.74) is -1.37. The number of nitrogens with zero attached hydrogens (tertiary/aromatic N) is 2. The molecule has 0 aliphatic heterocycles. The molecule has 6 rings (SSSR count). The van der Waals surface area contributed by atoms with Crippen molar-refractivity contribution in [2.24, 2.45) is 10.8 Å². The molecular weight excluding hydrogens is 656 g/mol. The van der Waals surface area contributed by atoms with Gasteiger partial charge < -0.3 is 28.9 Å². The molecule has 0 bridgehead atoms. The Morgan fingerprint density at radius 1 is 0.558 bits per heavy atom. The number of nitrogens with one attached hydrogen (secondary N) is 2. The van der Waals surface area contributed by atoms with Gasteiger partial charge in [-0.15, -0.1) is 0 Å². The summed E-state index contributed by atoms with van der Waals surface area (Å²) in [6, 6.07) is 23.4. The third-order valence-electron chi connectivity index (χ3n) is 9.64. The molecule has 2 atom stereocenters. The Morgan fingerprint density at radius 3 is 1.25 bits per heavy atom. The first-order valence-electron chi connectivity index (χ1n) is 17.0. The van der Waals surface area contributed by atoms with Crippen molar-refractivity contribution in [1.82, 2.24) is 19.9 Å². The minimum Gasteiger partial charge on any atom is -0.497 e. The number of ether oxygens (including phenoxy) is 4. The number of esters is 2. The number of aromatic nitrogens is 4. The van der Waals surface area contributed by atoms with Crippen LogP contribution < -0.4 is 9.47 Å². The highest BCUT2D eigenvalue weighted by Crippen LogP contribution is 2.49. The smallest absolute Gasteiger partial charge is 0.332 e. The Hall–Kier alpha value is -5.90. The van der Waals surface area contributed by atoms with Gasteiger partial charge >= 0.3 is 11.9 Å². The lowest BCUT2D eigenvalue weighted by Gasteiger charge is -2.43. The molecule has 0 amide bonds. The van der Waals surface area contributed by atoms with E-state index in [4.69, 9.17) is 18.9 Å². The minimum atomic E-state index is -1.32. The summed E-state index contributed by atoms with van der Waals surface area (Å²) in [4.78, 5) is 42.7. The van der Waals surface area contributed by atoms with Crippen LogP contribution in [0.25, 0.3) is 21.5 Å². The van der Waals surface area contributed by atoms with E-state index in [1.165, 1.54) is 0 Å². The number of hydrogen-bond acceptors (Lipinski definition) is 8. The lowest BCUT2D eigenvalue weighted by Crippen LogP contribution is -2.46. The molecule has 0 fully saturated rings. The highest BCUT2D eigenvalue weighted by molar-refractivity contribution is 5.93. The molecule has 0 radical (unpaired) electrons. The molecule has 2 N–H and O–H groups in total. The van der Waals surface area contributed by atoms with Gasteiger partial charge in [-0.3, -0.25) is 0 Å². The van der Waals surface area contributed by atoms with Gasteiger partial charge in [0.05, 0.1) is 50.7 Å². The van der Waals surface area contributed by atoms with Crippen LogP contribution in [0.2, 0.25) is 0 Å². The number of benzene rings is 4. The zero-order chi connectivity index (χ0) is 37.3. The van der Waals surface area contributed by atoms with Crippen LogP contribution >= 0.6 is 0 Å². The molecule has 0 aliphatic rings. The maximum absolute atomic E-state index is 13.9. The van der Waals surface area contributed by atoms with Crippen LogP contribution in [0.15, 0.2) is 110 Å². The average molecular weight is 701 g/mol. The summed E-state index contributed by atoms with van der Waals surface area (Å²) in [5, 5.41) is 3.81. The molecule has 0 saturated heterocycles. The number of H-pyrrole nitrogens is 2. The van der Waals surface area contributed by atoms with E-state index in [0.29, 0.717) is 11.4 Å². The molecule has 2 unspecified atom stereocenters. The van der Waals surface area contributed by atoms with E-state index in [1.807, 2.05) is 114 Å². The summed E-state index contributed by atoms with van der Waals surface area (Å²) < 4.78 is 23.7. The van der Waals surface area contributed by atoms with Crippen LogP contribution in [0.5, 0.6) is 11.5 Å². The highest BCUT2D eigenvalue weighted by Gasteiger charge is 2.51. The van der Waals surface area contributed by atoms with E-state index in [-0.39, 0.29) is 0 Å². The SMILES string of the molecule is COc1ccc2cc(C(OC(=O)/C=C/C(=O)OC(c3ccc4cc(OC)ccc4c3)(c3cnc[nH]3)C(C)(C)C)(c3cnc[nH]3)C(C)(C)C)ccc2c1. The molecule has 52 heavy (non-hydrogen) atoms. The number of aromatic amines is 2. The molecule has 6 aromatic rings. The Kier molecular flexibility index (Phi) is 9.44. The standard InChI is InChI=1S/C42H44N4O6/c1-39(2,3)41(35-23-43-25-45-35,31-13-9-29-21-33(49-7)15-11-27(29)19-31)51-37(47)17-18-38(48)52-42(40(4,5)6,36-24-44-26-46-36)32-14-10-30-22-34(50-8)16-12-28(30)20-32/h9-26H,1-8H3,(H,43,45)(H,44,46)/b18-17+. The highest BCUT2D eigenvalue weighted by atomic mass is 16.6. The third-order valence-corrected chi connectivity index (χ3v) is 9.64. The number of hydrogen-bond donors (Lipinski definition) is 2. The Balaban J connectivity index is 1.36. The Labute approximate surface area is 303 Å². The second-order valence-electron chi connectivity index (χ2n) is 14.8. The number of rotatable bonds is 10. The van der Waals surface area contributed by atoms with Crippen LogP contribution in [-0.2, 0) is 30.3 Å². The fourth-order valence-electron chi connectivity index (χ4n) is 7.06. The van der Waals surface area contributed by atoms with E-state index >= 15 is 0 Å². The first-order valence-corrected chi connectivity index (χ1v) is 17.0. The van der Waals surface area contributed by atoms with Gasteiger partial charge in [-0.1, -0.05) is 77.9 Å². The number of methoxy groups -OCH3 is 2. The number of imidazole rings is 2. The van der Waals surface area contributed by atoms with E-state index in [0.717, 1.165) is 56.3 Å². The largest absolute Gasteiger partial charge is 0.497 e. The van der Waals surface area contributed by atoms with Crippen LogP contribution in [0, 0.1) is 10.8 Å². The zero-order valence-corrected chi connectivity index (χ0v) is 30.7. The van der Waals surface area contributed by atoms with Crippen molar-refractivity contribution in [3.8, 4) is 11.5 Å². The normalized spacial score (nSPS) is 14.5. The predicted molar refractivity (Wildman–Crippen MR) is 200 cm³/mol. The van der Waals surface area contributed by atoms with Gasteiger partial charge in [-0.2, -0.15) is 0 Å². The van der Waals surface area contributed by atoms with Crippen molar-refractivity contribution in [1.29, 1.82) is 0 Å². The molecular formula is C42H44N4O6. The Morgan fingerprint density at radius 2 is 0.923 bits per heavy atom. The van der Waals surface area contributed by atoms with Crippen LogP contribution in [0.1, 0.15) is 64.1 Å². The van der Waals surface area contributed by atoms with Crippen LogP contribution in [0.3, 0.4) is 0 Å². The van der Waals surface area contributed by atoms with Crippen molar-refractivity contribution in [2.75, 3.05) is 14.2 Å². The van der Waals surface area contributed by atoms with E-state index in [2.05, 4.69) is 19.9 Å². The first kappa shape index (κ1) is 35.9. The quantitative estimate of drug-likeness (QED) is 0.108. The van der Waals surface area contributed by atoms with E-state index in [9.17, 15) is 9.59 Å². The van der Waals surface area contributed by atoms with Crippen LogP contribution in [-0.4, -0.2) is 46.1 Å². The van der Waals surface area contributed by atoms with Gasteiger partial charge in [0, 0.05) is 34.1 Å². The topological polar surface area (TPSA) is 128 Å². The summed E-state index contributed by atoms with van der Waals surface area (Å²) in [6.07, 6.45) is 8.62. The molecule has 0 spiro atoms. The molecule has 4 aromatic carbocycles. The van der Waals surface area contributed by atoms with Gasteiger partial charge in [0.2, 0.25) is 0 Å². The second-order valence-corrected chi connectivity index (χ2v) is 14.8. The molecule has 10 nitrogen and oxygen atoms in total. The first-order chi connectivity index (χ1) is 24.7. The molecule has 2 aromatic heterocycles. The van der Waals surface area contributed by atoms with Gasteiger partial charge in [0.25, 0.3) is 0 Å². The lowest BCUT2D eigenvalue weighted by atomic mass is 9.69. The third kappa shape index (κ3) is 6.40. The molecule has 0 aliphatic carbocycles. The van der Waals surface area contributed by atoms with Crippen molar-refractivity contribution in [3.63, 3.8) is 0 Å². The molecule has 10 heteroatoms. The summed E-state index contributed by atoms with van der Waals surface area (Å²) in [7, 11) is 3.26. The summed E-state index contributed by atoms with van der Waals surface area (Å²) >= 11 is 0. The van der Waals surface area contributed by atoms with E-state index < -0.39 is 34.0 Å². The summed E-state index contributed by atoms with van der Waals surface area (Å²) in [5.74, 6) is 0.00463. The molecule has 0 saturated carbocycles.